The van der Waals surface area contributed by atoms with Gasteiger partial charge in [0.25, 0.3) is 0 Å². The first-order valence-electron chi connectivity index (χ1n) is 9.36. The highest BCUT2D eigenvalue weighted by molar-refractivity contribution is 7.89. The topological polar surface area (TPSA) is 84.5 Å². The van der Waals surface area contributed by atoms with E-state index >= 15 is 0 Å². The van der Waals surface area contributed by atoms with Crippen molar-refractivity contribution in [3.05, 3.63) is 66.2 Å². The predicted molar refractivity (Wildman–Crippen MR) is 115 cm³/mol. The molecular formula is C22H24N2O4S. The third-order valence-electron chi connectivity index (χ3n) is 4.47. The van der Waals surface area contributed by atoms with Crippen LogP contribution in [-0.4, -0.2) is 20.9 Å². The minimum Gasteiger partial charge on any atom is -0.493 e. The Hall–Kier alpha value is -2.90. The fourth-order valence-corrected chi connectivity index (χ4v) is 4.66. The Balaban J connectivity index is 1.94. The molecule has 152 valence electrons. The van der Waals surface area contributed by atoms with Gasteiger partial charge >= 0.3 is 0 Å². The molecule has 0 aromatic heterocycles. The summed E-state index contributed by atoms with van der Waals surface area (Å²) in [7, 11) is -3.79. The van der Waals surface area contributed by atoms with Crippen LogP contribution in [0.15, 0.2) is 65.6 Å². The SMILES string of the molecule is CCOc1ccc(S(=O)(=O)NC(C)c2cccc(NC(C)=O)c2)c2ccccc12. The van der Waals surface area contributed by atoms with E-state index in [4.69, 9.17) is 4.74 Å². The molecule has 0 saturated heterocycles. The molecule has 3 aromatic carbocycles. The normalized spacial score (nSPS) is 12.5. The summed E-state index contributed by atoms with van der Waals surface area (Å²) in [5.41, 5.74) is 1.36. The van der Waals surface area contributed by atoms with Crippen LogP contribution in [0.2, 0.25) is 0 Å². The van der Waals surface area contributed by atoms with Crippen LogP contribution in [0.4, 0.5) is 5.69 Å². The minimum absolute atomic E-state index is 0.184. The fourth-order valence-electron chi connectivity index (χ4n) is 3.21. The summed E-state index contributed by atoms with van der Waals surface area (Å²) in [6, 6.07) is 17.1. The number of carbonyl (C=O) groups is 1. The molecule has 0 heterocycles. The van der Waals surface area contributed by atoms with Gasteiger partial charge in [0.05, 0.1) is 11.5 Å². The van der Waals surface area contributed by atoms with Crippen LogP contribution < -0.4 is 14.8 Å². The molecule has 6 nitrogen and oxygen atoms in total. The van der Waals surface area contributed by atoms with Gasteiger partial charge < -0.3 is 10.1 Å². The standard InChI is InChI=1S/C22H24N2O4S/c1-4-28-21-12-13-22(20-11-6-5-10-19(20)21)29(26,27)24-15(2)17-8-7-9-18(14-17)23-16(3)25/h5-15,24H,4H2,1-3H3,(H,23,25). The molecule has 29 heavy (non-hydrogen) atoms. The average molecular weight is 413 g/mol. The van der Waals surface area contributed by atoms with Crippen LogP contribution in [0.1, 0.15) is 32.4 Å². The van der Waals surface area contributed by atoms with Crippen molar-refractivity contribution in [3.63, 3.8) is 0 Å². The second-order valence-electron chi connectivity index (χ2n) is 6.69. The van der Waals surface area contributed by atoms with E-state index in [1.807, 2.05) is 25.1 Å². The van der Waals surface area contributed by atoms with E-state index in [1.54, 1.807) is 49.4 Å². The van der Waals surface area contributed by atoms with Crippen LogP contribution in [-0.2, 0) is 14.8 Å². The Kier molecular flexibility index (Phi) is 6.20. The highest BCUT2D eigenvalue weighted by atomic mass is 32.2. The first-order chi connectivity index (χ1) is 13.8. The van der Waals surface area contributed by atoms with Gasteiger partial charge in [-0.25, -0.2) is 13.1 Å². The first-order valence-corrected chi connectivity index (χ1v) is 10.8. The smallest absolute Gasteiger partial charge is 0.241 e. The zero-order chi connectivity index (χ0) is 21.0. The maximum Gasteiger partial charge on any atom is 0.241 e. The number of ether oxygens (including phenoxy) is 1. The molecule has 7 heteroatoms. The number of amides is 1. The van der Waals surface area contributed by atoms with Gasteiger partial charge in [0.2, 0.25) is 15.9 Å². The lowest BCUT2D eigenvalue weighted by Gasteiger charge is -2.17. The highest BCUT2D eigenvalue weighted by Crippen LogP contribution is 2.32. The quantitative estimate of drug-likeness (QED) is 0.608. The number of hydrogen-bond acceptors (Lipinski definition) is 4. The molecule has 2 N–H and O–H groups in total. The number of fused-ring (bicyclic) bond motifs is 1. The molecule has 0 aliphatic rings. The Morgan fingerprint density at radius 3 is 2.45 bits per heavy atom. The van der Waals surface area contributed by atoms with Crippen molar-refractivity contribution in [3.8, 4) is 5.75 Å². The number of sulfonamides is 1. The van der Waals surface area contributed by atoms with E-state index in [1.165, 1.54) is 6.92 Å². The molecule has 1 unspecified atom stereocenters. The van der Waals surface area contributed by atoms with E-state index in [2.05, 4.69) is 10.0 Å². The molecule has 1 atom stereocenters. The molecule has 0 bridgehead atoms. The zero-order valence-corrected chi connectivity index (χ0v) is 17.4. The van der Waals surface area contributed by atoms with E-state index in [0.29, 0.717) is 23.4 Å². The van der Waals surface area contributed by atoms with Crippen LogP contribution in [0.25, 0.3) is 10.8 Å². The summed E-state index contributed by atoms with van der Waals surface area (Å²) in [6.07, 6.45) is 0. The number of benzene rings is 3. The van der Waals surface area contributed by atoms with Crippen molar-refractivity contribution in [1.29, 1.82) is 0 Å². The van der Waals surface area contributed by atoms with Crippen molar-refractivity contribution >= 4 is 32.4 Å². The average Bonchev–Trinajstić information content (AvgIpc) is 2.67. The Bertz CT molecular complexity index is 1140. The molecule has 0 radical (unpaired) electrons. The van der Waals surface area contributed by atoms with Gasteiger partial charge in [-0.2, -0.15) is 0 Å². The molecule has 0 saturated carbocycles. The highest BCUT2D eigenvalue weighted by Gasteiger charge is 2.22. The van der Waals surface area contributed by atoms with Crippen molar-refractivity contribution in [2.24, 2.45) is 0 Å². The summed E-state index contributed by atoms with van der Waals surface area (Å²) in [5.74, 6) is 0.467. The van der Waals surface area contributed by atoms with Gasteiger partial charge in [-0.1, -0.05) is 36.4 Å². The third-order valence-corrected chi connectivity index (χ3v) is 6.07. The van der Waals surface area contributed by atoms with Gasteiger partial charge in [-0.05, 0) is 43.7 Å². The Morgan fingerprint density at radius 2 is 1.76 bits per heavy atom. The van der Waals surface area contributed by atoms with Crippen LogP contribution >= 0.6 is 0 Å². The molecule has 3 aromatic rings. The molecule has 0 aliphatic heterocycles. The van der Waals surface area contributed by atoms with Crippen LogP contribution in [0.3, 0.4) is 0 Å². The number of carbonyl (C=O) groups excluding carboxylic acids is 1. The number of nitrogens with one attached hydrogen (secondary N) is 2. The van der Waals surface area contributed by atoms with E-state index in [0.717, 1.165) is 10.9 Å². The predicted octanol–water partition coefficient (Wildman–Crippen LogP) is 4.24. The summed E-state index contributed by atoms with van der Waals surface area (Å²) in [4.78, 5) is 11.5. The molecular weight excluding hydrogens is 388 g/mol. The van der Waals surface area contributed by atoms with Crippen molar-refractivity contribution in [1.82, 2.24) is 4.72 Å². The first kappa shape index (κ1) is 20.8. The minimum atomic E-state index is -3.79. The molecule has 3 rings (SSSR count). The largest absolute Gasteiger partial charge is 0.493 e. The van der Waals surface area contributed by atoms with Gasteiger partial charge in [-0.15, -0.1) is 0 Å². The van der Waals surface area contributed by atoms with Crippen molar-refractivity contribution in [2.75, 3.05) is 11.9 Å². The molecule has 0 fully saturated rings. The third kappa shape index (κ3) is 4.75. The maximum atomic E-state index is 13.1. The van der Waals surface area contributed by atoms with Gasteiger partial charge in [-0.3, -0.25) is 4.79 Å². The fraction of sp³-hybridized carbons (Fsp3) is 0.227. The monoisotopic (exact) mass is 412 g/mol. The lowest BCUT2D eigenvalue weighted by molar-refractivity contribution is -0.114. The Morgan fingerprint density at radius 1 is 1.03 bits per heavy atom. The second kappa shape index (κ2) is 8.63. The zero-order valence-electron chi connectivity index (χ0n) is 16.6. The molecule has 0 aliphatic carbocycles. The molecule has 1 amide bonds. The Labute approximate surface area is 170 Å². The lowest BCUT2D eigenvalue weighted by Crippen LogP contribution is -2.27. The van der Waals surface area contributed by atoms with Crippen LogP contribution in [0, 0.1) is 0 Å². The van der Waals surface area contributed by atoms with Crippen molar-refractivity contribution in [2.45, 2.75) is 31.7 Å². The second-order valence-corrected chi connectivity index (χ2v) is 8.37. The van der Waals surface area contributed by atoms with Gasteiger partial charge in [0.15, 0.2) is 0 Å². The number of hydrogen-bond donors (Lipinski definition) is 2. The van der Waals surface area contributed by atoms with Gasteiger partial charge in [0.1, 0.15) is 5.75 Å². The van der Waals surface area contributed by atoms with Crippen molar-refractivity contribution < 1.29 is 17.9 Å². The van der Waals surface area contributed by atoms with E-state index in [-0.39, 0.29) is 10.8 Å². The summed E-state index contributed by atoms with van der Waals surface area (Å²) < 4.78 is 34.6. The van der Waals surface area contributed by atoms with E-state index < -0.39 is 16.1 Å². The van der Waals surface area contributed by atoms with Gasteiger partial charge in [0, 0.05) is 29.4 Å². The summed E-state index contributed by atoms with van der Waals surface area (Å²) in [5, 5.41) is 4.06. The lowest BCUT2D eigenvalue weighted by atomic mass is 10.1. The number of rotatable bonds is 7. The van der Waals surface area contributed by atoms with E-state index in [9.17, 15) is 13.2 Å². The maximum absolute atomic E-state index is 13.1. The summed E-state index contributed by atoms with van der Waals surface area (Å²) in [6.45, 7) is 5.57. The summed E-state index contributed by atoms with van der Waals surface area (Å²) >= 11 is 0. The molecule has 0 spiro atoms. The number of anilines is 1. The van der Waals surface area contributed by atoms with Crippen LogP contribution in [0.5, 0.6) is 5.75 Å².